The first kappa shape index (κ1) is 10.7. The summed E-state index contributed by atoms with van der Waals surface area (Å²) in [6.45, 7) is -0.0864. The number of Topliss-reactive ketones (excluding diaryl/α,β-unsaturated/α-hetero) is 1. The Bertz CT molecular complexity index is 325. The van der Waals surface area contributed by atoms with Gasteiger partial charge in [-0.3, -0.25) is 4.79 Å². The number of hydrogen-bond donors (Lipinski definition) is 2. The molecule has 1 aromatic rings. The number of ether oxygens (including phenoxy) is 1. The largest absolute Gasteiger partial charge is 0.496 e. The normalized spacial score (nSPS) is 12.2. The van der Waals surface area contributed by atoms with Crippen LogP contribution in [0.4, 0.5) is 0 Å². The smallest absolute Gasteiger partial charge is 0.196 e. The summed E-state index contributed by atoms with van der Waals surface area (Å²) < 4.78 is 4.99. The van der Waals surface area contributed by atoms with E-state index < -0.39 is 11.9 Å². The molecule has 0 heterocycles. The second-order valence-corrected chi connectivity index (χ2v) is 2.82. The number of hydrogen-bond acceptors (Lipinski definition) is 4. The van der Waals surface area contributed by atoms with Crippen LogP contribution >= 0.6 is 0 Å². The molecule has 76 valence electrons. The van der Waals surface area contributed by atoms with Crippen molar-refractivity contribution in [2.45, 2.75) is 6.10 Å². The van der Waals surface area contributed by atoms with Crippen molar-refractivity contribution in [3.05, 3.63) is 29.8 Å². The maximum atomic E-state index is 11.5. The van der Waals surface area contributed by atoms with Crippen molar-refractivity contribution in [1.29, 1.82) is 0 Å². The van der Waals surface area contributed by atoms with E-state index in [0.717, 1.165) is 0 Å². The van der Waals surface area contributed by atoms with Crippen LogP contribution in [0.3, 0.4) is 0 Å². The van der Waals surface area contributed by atoms with Crippen molar-refractivity contribution in [3.63, 3.8) is 0 Å². The predicted octanol–water partition coefficient (Wildman–Crippen LogP) is 0.197. The third-order valence-electron chi connectivity index (χ3n) is 1.90. The third kappa shape index (κ3) is 2.10. The highest BCUT2D eigenvalue weighted by Crippen LogP contribution is 2.18. The lowest BCUT2D eigenvalue weighted by molar-refractivity contribution is 0.0760. The summed E-state index contributed by atoms with van der Waals surface area (Å²) in [6, 6.07) is 6.72. The van der Waals surface area contributed by atoms with Gasteiger partial charge in [0.2, 0.25) is 0 Å². The molecule has 0 saturated carbocycles. The lowest BCUT2D eigenvalue weighted by atomic mass is 10.1. The molecule has 4 heteroatoms. The summed E-state index contributed by atoms with van der Waals surface area (Å²) in [5, 5.41) is 9.27. The van der Waals surface area contributed by atoms with E-state index in [1.807, 2.05) is 0 Å². The van der Waals surface area contributed by atoms with Crippen molar-refractivity contribution >= 4 is 5.78 Å². The van der Waals surface area contributed by atoms with Gasteiger partial charge in [0.25, 0.3) is 0 Å². The van der Waals surface area contributed by atoms with Gasteiger partial charge in [0.15, 0.2) is 5.78 Å². The van der Waals surface area contributed by atoms with E-state index in [0.29, 0.717) is 11.3 Å². The van der Waals surface area contributed by atoms with Crippen molar-refractivity contribution < 1.29 is 14.6 Å². The van der Waals surface area contributed by atoms with Gasteiger partial charge in [-0.05, 0) is 12.1 Å². The van der Waals surface area contributed by atoms with Gasteiger partial charge in [-0.25, -0.2) is 0 Å². The Morgan fingerprint density at radius 3 is 2.79 bits per heavy atom. The Hall–Kier alpha value is -1.39. The standard InChI is InChI=1S/C10H13NO3/c1-14-9-5-3-2-4-7(9)10(13)8(12)6-11/h2-5,8,12H,6,11H2,1H3. The van der Waals surface area contributed by atoms with Crippen LogP contribution in [0, 0.1) is 0 Å². The maximum Gasteiger partial charge on any atom is 0.196 e. The van der Waals surface area contributed by atoms with E-state index in [2.05, 4.69) is 0 Å². The summed E-state index contributed by atoms with van der Waals surface area (Å²) in [7, 11) is 1.47. The van der Waals surface area contributed by atoms with Gasteiger partial charge in [0.1, 0.15) is 11.9 Å². The Morgan fingerprint density at radius 2 is 2.21 bits per heavy atom. The average Bonchev–Trinajstić information content (AvgIpc) is 2.26. The number of para-hydroxylation sites is 1. The van der Waals surface area contributed by atoms with Crippen LogP contribution in [0.5, 0.6) is 5.75 Å². The Kier molecular flexibility index (Phi) is 3.62. The molecule has 0 bridgehead atoms. The van der Waals surface area contributed by atoms with Gasteiger partial charge < -0.3 is 15.6 Å². The zero-order valence-corrected chi connectivity index (χ0v) is 7.93. The van der Waals surface area contributed by atoms with E-state index >= 15 is 0 Å². The van der Waals surface area contributed by atoms with Crippen LogP contribution in [0.15, 0.2) is 24.3 Å². The van der Waals surface area contributed by atoms with E-state index in [4.69, 9.17) is 10.5 Å². The molecular weight excluding hydrogens is 182 g/mol. The molecule has 0 amide bonds. The Labute approximate surface area is 82.3 Å². The molecule has 1 unspecified atom stereocenters. The molecule has 0 saturated heterocycles. The minimum atomic E-state index is -1.16. The molecule has 1 rings (SSSR count). The molecule has 0 aromatic heterocycles. The highest BCUT2D eigenvalue weighted by molar-refractivity contribution is 6.01. The number of ketones is 1. The predicted molar refractivity (Wildman–Crippen MR) is 52.4 cm³/mol. The third-order valence-corrected chi connectivity index (χ3v) is 1.90. The lowest BCUT2D eigenvalue weighted by Gasteiger charge is -2.10. The summed E-state index contributed by atoms with van der Waals surface area (Å²) in [5.41, 5.74) is 5.54. The molecule has 0 radical (unpaired) electrons. The maximum absolute atomic E-state index is 11.5. The fourth-order valence-electron chi connectivity index (χ4n) is 1.13. The number of methoxy groups -OCH3 is 1. The van der Waals surface area contributed by atoms with Gasteiger partial charge in [-0.2, -0.15) is 0 Å². The van der Waals surface area contributed by atoms with E-state index in [1.54, 1.807) is 24.3 Å². The minimum Gasteiger partial charge on any atom is -0.496 e. The summed E-state index contributed by atoms with van der Waals surface area (Å²) in [5.74, 6) is 0.0370. The van der Waals surface area contributed by atoms with Gasteiger partial charge in [-0.15, -0.1) is 0 Å². The molecule has 0 aliphatic carbocycles. The number of aliphatic hydroxyl groups is 1. The first-order chi connectivity index (χ1) is 6.70. The van der Waals surface area contributed by atoms with Gasteiger partial charge in [0.05, 0.1) is 12.7 Å². The van der Waals surface area contributed by atoms with Gasteiger partial charge in [0, 0.05) is 6.54 Å². The molecule has 4 nitrogen and oxygen atoms in total. The lowest BCUT2D eigenvalue weighted by Crippen LogP contribution is -2.29. The SMILES string of the molecule is COc1ccccc1C(=O)C(O)CN. The molecule has 3 N–H and O–H groups in total. The average molecular weight is 195 g/mol. The molecule has 14 heavy (non-hydrogen) atoms. The molecular formula is C10H13NO3. The van der Waals surface area contributed by atoms with Crippen molar-refractivity contribution in [2.24, 2.45) is 5.73 Å². The highest BCUT2D eigenvalue weighted by atomic mass is 16.5. The number of nitrogens with two attached hydrogens (primary N) is 1. The van der Waals surface area contributed by atoms with Crippen LogP contribution in [-0.2, 0) is 0 Å². The van der Waals surface area contributed by atoms with Crippen LogP contribution in [0.2, 0.25) is 0 Å². The molecule has 1 aromatic carbocycles. The number of carbonyl (C=O) groups is 1. The summed E-state index contributed by atoms with van der Waals surface area (Å²) in [4.78, 5) is 11.5. The molecule has 1 atom stereocenters. The molecule has 0 aliphatic heterocycles. The molecule has 0 spiro atoms. The zero-order valence-electron chi connectivity index (χ0n) is 7.93. The van der Waals surface area contributed by atoms with Crippen LogP contribution in [0.1, 0.15) is 10.4 Å². The van der Waals surface area contributed by atoms with Crippen molar-refractivity contribution in [2.75, 3.05) is 13.7 Å². The number of rotatable bonds is 4. The number of carbonyl (C=O) groups excluding carboxylic acids is 1. The van der Waals surface area contributed by atoms with E-state index in [-0.39, 0.29) is 6.54 Å². The topological polar surface area (TPSA) is 72.5 Å². The molecule has 0 fully saturated rings. The Balaban J connectivity index is 3.00. The van der Waals surface area contributed by atoms with E-state index in [1.165, 1.54) is 7.11 Å². The highest BCUT2D eigenvalue weighted by Gasteiger charge is 2.18. The summed E-state index contributed by atoms with van der Waals surface area (Å²) in [6.07, 6.45) is -1.16. The van der Waals surface area contributed by atoms with Crippen molar-refractivity contribution in [3.8, 4) is 5.75 Å². The van der Waals surface area contributed by atoms with Crippen LogP contribution in [0.25, 0.3) is 0 Å². The van der Waals surface area contributed by atoms with Crippen molar-refractivity contribution in [1.82, 2.24) is 0 Å². The second kappa shape index (κ2) is 4.74. The Morgan fingerprint density at radius 1 is 1.57 bits per heavy atom. The van der Waals surface area contributed by atoms with Crippen LogP contribution in [-0.4, -0.2) is 30.6 Å². The molecule has 0 aliphatic rings. The number of aliphatic hydroxyl groups excluding tert-OH is 1. The van der Waals surface area contributed by atoms with Crippen LogP contribution < -0.4 is 10.5 Å². The van der Waals surface area contributed by atoms with E-state index in [9.17, 15) is 9.90 Å². The van der Waals surface area contributed by atoms with Gasteiger partial charge >= 0.3 is 0 Å². The first-order valence-electron chi connectivity index (χ1n) is 4.26. The fourth-order valence-corrected chi connectivity index (χ4v) is 1.13. The quantitative estimate of drug-likeness (QED) is 0.673. The zero-order chi connectivity index (χ0) is 10.6. The fraction of sp³-hybridized carbons (Fsp3) is 0.300. The monoisotopic (exact) mass is 195 g/mol. The minimum absolute atomic E-state index is 0.0864. The number of benzene rings is 1. The van der Waals surface area contributed by atoms with Gasteiger partial charge in [-0.1, -0.05) is 12.1 Å². The first-order valence-corrected chi connectivity index (χ1v) is 4.26. The second-order valence-electron chi connectivity index (χ2n) is 2.82. The summed E-state index contributed by atoms with van der Waals surface area (Å²) >= 11 is 0.